The molecule has 0 aliphatic heterocycles. The van der Waals surface area contributed by atoms with Crippen molar-refractivity contribution in [3.05, 3.63) is 47.8 Å². The van der Waals surface area contributed by atoms with Crippen molar-refractivity contribution >= 4 is 5.69 Å². The Balaban J connectivity index is 1.93. The monoisotopic (exact) mass is 273 g/mol. The van der Waals surface area contributed by atoms with Crippen molar-refractivity contribution in [1.29, 1.82) is 0 Å². The van der Waals surface area contributed by atoms with Gasteiger partial charge in [0.1, 0.15) is 0 Å². The highest BCUT2D eigenvalue weighted by Crippen LogP contribution is 2.22. The summed E-state index contributed by atoms with van der Waals surface area (Å²) in [6, 6.07) is 8.69. The van der Waals surface area contributed by atoms with E-state index in [2.05, 4.69) is 55.5 Å². The molecular weight excluding hydrogens is 250 g/mol. The molecule has 1 aromatic heterocycles. The largest absolute Gasteiger partial charge is 0.394 e. The van der Waals surface area contributed by atoms with Gasteiger partial charge < -0.3 is 10.4 Å². The first-order valence-electron chi connectivity index (χ1n) is 6.95. The zero-order valence-electron chi connectivity index (χ0n) is 12.4. The van der Waals surface area contributed by atoms with Crippen molar-refractivity contribution < 1.29 is 5.11 Å². The number of nitrogens with one attached hydrogen (secondary N) is 1. The molecular formula is C16H23N3O. The van der Waals surface area contributed by atoms with Gasteiger partial charge in [-0.1, -0.05) is 45.0 Å². The Labute approximate surface area is 120 Å². The molecule has 1 aromatic carbocycles. The lowest BCUT2D eigenvalue weighted by molar-refractivity contribution is 0.269. The number of hydrogen-bond donors (Lipinski definition) is 2. The number of rotatable bonds is 5. The van der Waals surface area contributed by atoms with Gasteiger partial charge in [-0.05, 0) is 16.5 Å². The van der Waals surface area contributed by atoms with Crippen LogP contribution < -0.4 is 5.32 Å². The van der Waals surface area contributed by atoms with Gasteiger partial charge in [0.25, 0.3) is 0 Å². The van der Waals surface area contributed by atoms with Gasteiger partial charge in [0, 0.05) is 12.7 Å². The van der Waals surface area contributed by atoms with Gasteiger partial charge in [0.05, 0.1) is 25.0 Å². The number of aromatic nitrogens is 2. The van der Waals surface area contributed by atoms with E-state index in [1.54, 1.807) is 10.9 Å². The average molecular weight is 273 g/mol. The van der Waals surface area contributed by atoms with Gasteiger partial charge in [0.15, 0.2) is 0 Å². The maximum Gasteiger partial charge on any atom is 0.0729 e. The molecule has 0 radical (unpaired) electrons. The lowest BCUT2D eigenvalue weighted by Gasteiger charge is -2.19. The summed E-state index contributed by atoms with van der Waals surface area (Å²) in [5.74, 6) is 0. The van der Waals surface area contributed by atoms with Crippen LogP contribution in [0.5, 0.6) is 0 Å². The molecule has 2 N–H and O–H groups in total. The molecule has 4 nitrogen and oxygen atoms in total. The van der Waals surface area contributed by atoms with Crippen molar-refractivity contribution in [3.63, 3.8) is 0 Å². The molecule has 0 atom stereocenters. The Morgan fingerprint density at radius 3 is 2.50 bits per heavy atom. The van der Waals surface area contributed by atoms with Crippen LogP contribution in [0.2, 0.25) is 0 Å². The molecule has 0 unspecified atom stereocenters. The number of aliphatic hydroxyl groups is 1. The Bertz CT molecular complexity index is 538. The van der Waals surface area contributed by atoms with Gasteiger partial charge in [-0.3, -0.25) is 4.68 Å². The highest BCUT2D eigenvalue weighted by molar-refractivity contribution is 5.39. The molecule has 0 bridgehead atoms. The van der Waals surface area contributed by atoms with Crippen LogP contribution in [-0.2, 0) is 18.5 Å². The summed E-state index contributed by atoms with van der Waals surface area (Å²) in [5, 5.41) is 16.3. The Hall–Kier alpha value is -1.81. The summed E-state index contributed by atoms with van der Waals surface area (Å²) < 4.78 is 1.73. The van der Waals surface area contributed by atoms with Crippen LogP contribution in [0.3, 0.4) is 0 Å². The molecule has 0 spiro atoms. The Kier molecular flexibility index (Phi) is 4.45. The van der Waals surface area contributed by atoms with Crippen molar-refractivity contribution in [3.8, 4) is 0 Å². The number of benzene rings is 1. The summed E-state index contributed by atoms with van der Waals surface area (Å²) in [7, 11) is 0. The summed E-state index contributed by atoms with van der Waals surface area (Å²) >= 11 is 0. The van der Waals surface area contributed by atoms with Crippen LogP contribution in [0.15, 0.2) is 36.7 Å². The van der Waals surface area contributed by atoms with Gasteiger partial charge in [-0.15, -0.1) is 0 Å². The molecule has 0 aliphatic rings. The predicted molar refractivity (Wildman–Crippen MR) is 81.8 cm³/mol. The molecule has 108 valence electrons. The number of aliphatic hydroxyl groups excluding tert-OH is 1. The second-order valence-electron chi connectivity index (χ2n) is 6.02. The molecule has 0 amide bonds. The molecule has 0 fully saturated rings. The van der Waals surface area contributed by atoms with E-state index in [4.69, 9.17) is 5.11 Å². The van der Waals surface area contributed by atoms with E-state index >= 15 is 0 Å². The maximum atomic E-state index is 8.85. The lowest BCUT2D eigenvalue weighted by Crippen LogP contribution is -2.11. The van der Waals surface area contributed by atoms with Crippen LogP contribution in [0.4, 0.5) is 5.69 Å². The van der Waals surface area contributed by atoms with E-state index in [9.17, 15) is 0 Å². The minimum absolute atomic E-state index is 0.107. The molecule has 20 heavy (non-hydrogen) atoms. The smallest absolute Gasteiger partial charge is 0.0729 e. The van der Waals surface area contributed by atoms with Crippen molar-refractivity contribution in [2.45, 2.75) is 39.3 Å². The highest BCUT2D eigenvalue weighted by Gasteiger charge is 2.12. The van der Waals surface area contributed by atoms with Crippen LogP contribution in [0, 0.1) is 0 Å². The van der Waals surface area contributed by atoms with Gasteiger partial charge in [0.2, 0.25) is 0 Å². The molecule has 4 heteroatoms. The first-order chi connectivity index (χ1) is 9.49. The Morgan fingerprint density at radius 1 is 1.20 bits per heavy atom. The lowest BCUT2D eigenvalue weighted by atomic mass is 9.87. The summed E-state index contributed by atoms with van der Waals surface area (Å²) in [6.07, 6.45) is 3.68. The minimum Gasteiger partial charge on any atom is -0.394 e. The number of anilines is 1. The van der Waals surface area contributed by atoms with Crippen LogP contribution in [0.1, 0.15) is 31.9 Å². The van der Waals surface area contributed by atoms with Gasteiger partial charge in [-0.2, -0.15) is 5.10 Å². The van der Waals surface area contributed by atoms with Crippen LogP contribution in [0.25, 0.3) is 0 Å². The summed E-state index contributed by atoms with van der Waals surface area (Å²) in [6.45, 7) is 8.06. The maximum absolute atomic E-state index is 8.85. The van der Waals surface area contributed by atoms with E-state index in [-0.39, 0.29) is 12.0 Å². The fourth-order valence-corrected chi connectivity index (χ4v) is 2.01. The van der Waals surface area contributed by atoms with E-state index in [0.29, 0.717) is 6.54 Å². The van der Waals surface area contributed by atoms with E-state index in [1.165, 1.54) is 11.1 Å². The third-order valence-electron chi connectivity index (χ3n) is 3.28. The fourth-order valence-electron chi connectivity index (χ4n) is 2.01. The third-order valence-corrected chi connectivity index (χ3v) is 3.28. The Morgan fingerprint density at radius 2 is 1.90 bits per heavy atom. The van der Waals surface area contributed by atoms with E-state index < -0.39 is 0 Å². The summed E-state index contributed by atoms with van der Waals surface area (Å²) in [4.78, 5) is 0. The first-order valence-corrected chi connectivity index (χ1v) is 6.95. The topological polar surface area (TPSA) is 50.1 Å². The third kappa shape index (κ3) is 3.84. The summed E-state index contributed by atoms with van der Waals surface area (Å²) in [5.41, 5.74) is 3.75. The first kappa shape index (κ1) is 14.6. The molecule has 2 aromatic rings. The van der Waals surface area contributed by atoms with Crippen molar-refractivity contribution in [2.24, 2.45) is 0 Å². The van der Waals surface area contributed by atoms with Gasteiger partial charge >= 0.3 is 0 Å². The molecule has 0 saturated heterocycles. The SMILES string of the molecule is CC(C)(C)c1ccc(CNc2cnn(CCO)c2)cc1. The standard InChI is InChI=1S/C16H23N3O/c1-16(2,3)14-6-4-13(5-7-14)10-17-15-11-18-19(12-15)8-9-20/h4-7,11-12,17,20H,8-10H2,1-3H3. The molecule has 0 aliphatic carbocycles. The fraction of sp³-hybridized carbons (Fsp3) is 0.438. The molecule has 2 rings (SSSR count). The van der Waals surface area contributed by atoms with E-state index in [1.807, 2.05) is 6.20 Å². The van der Waals surface area contributed by atoms with Crippen LogP contribution >= 0.6 is 0 Å². The van der Waals surface area contributed by atoms with Crippen LogP contribution in [-0.4, -0.2) is 21.5 Å². The second kappa shape index (κ2) is 6.09. The van der Waals surface area contributed by atoms with Crippen molar-refractivity contribution in [2.75, 3.05) is 11.9 Å². The zero-order valence-corrected chi connectivity index (χ0v) is 12.4. The molecule has 0 saturated carbocycles. The number of hydrogen-bond acceptors (Lipinski definition) is 3. The minimum atomic E-state index is 0.107. The van der Waals surface area contributed by atoms with Crippen molar-refractivity contribution in [1.82, 2.24) is 9.78 Å². The van der Waals surface area contributed by atoms with E-state index in [0.717, 1.165) is 12.2 Å². The second-order valence-corrected chi connectivity index (χ2v) is 6.02. The average Bonchev–Trinajstić information content (AvgIpc) is 2.84. The zero-order chi connectivity index (χ0) is 14.6. The molecule has 1 heterocycles. The predicted octanol–water partition coefficient (Wildman–Crippen LogP) is 2.79. The highest BCUT2D eigenvalue weighted by atomic mass is 16.3. The van der Waals surface area contributed by atoms with Gasteiger partial charge in [-0.25, -0.2) is 0 Å². The number of nitrogens with zero attached hydrogens (tertiary/aromatic N) is 2. The normalized spacial score (nSPS) is 11.6. The quantitative estimate of drug-likeness (QED) is 0.880.